The number of fused-ring (bicyclic) bond motifs is 3. The fraction of sp³-hybridized carbons (Fsp3) is 0.250. The highest BCUT2D eigenvalue weighted by molar-refractivity contribution is 5.93. The van der Waals surface area contributed by atoms with Crippen LogP contribution < -0.4 is 5.32 Å². The molecular formula is C12H11FN2O2. The second kappa shape index (κ2) is 3.56. The fourth-order valence-electron chi connectivity index (χ4n) is 2.52. The fourth-order valence-corrected chi connectivity index (χ4v) is 2.52. The van der Waals surface area contributed by atoms with Gasteiger partial charge in [0.05, 0.1) is 5.52 Å². The lowest BCUT2D eigenvalue weighted by molar-refractivity contribution is 0.196. The molecule has 0 unspecified atom stereocenters. The molecule has 1 aromatic heterocycles. The molecule has 5 heteroatoms. The van der Waals surface area contributed by atoms with E-state index >= 15 is 0 Å². The van der Waals surface area contributed by atoms with E-state index in [1.54, 1.807) is 6.07 Å². The van der Waals surface area contributed by atoms with Gasteiger partial charge in [0.25, 0.3) is 0 Å². The van der Waals surface area contributed by atoms with Crippen LogP contribution in [0.1, 0.15) is 11.3 Å². The van der Waals surface area contributed by atoms with Gasteiger partial charge < -0.3 is 10.4 Å². The molecule has 2 N–H and O–H groups in total. The van der Waals surface area contributed by atoms with Crippen molar-refractivity contribution in [3.05, 3.63) is 35.3 Å². The smallest absolute Gasteiger partial charge is 0.416 e. The van der Waals surface area contributed by atoms with Gasteiger partial charge in [-0.05, 0) is 30.7 Å². The number of aromatic nitrogens is 1. The number of halogens is 1. The van der Waals surface area contributed by atoms with Gasteiger partial charge in [-0.15, -0.1) is 0 Å². The van der Waals surface area contributed by atoms with Gasteiger partial charge in [0.1, 0.15) is 5.82 Å². The molecule has 1 aliphatic heterocycles. The summed E-state index contributed by atoms with van der Waals surface area (Å²) in [5.74, 6) is -0.347. The normalized spacial score (nSPS) is 14.9. The average molecular weight is 234 g/mol. The Balaban J connectivity index is 2.46. The van der Waals surface area contributed by atoms with Gasteiger partial charge >= 0.3 is 6.09 Å². The first kappa shape index (κ1) is 10.3. The molecule has 0 atom stereocenters. The summed E-state index contributed by atoms with van der Waals surface area (Å²) in [6.45, 7) is 1.22. The number of nitrogens with zero attached hydrogens (tertiary/aromatic N) is 1. The number of benzene rings is 1. The maximum absolute atomic E-state index is 13.8. The second-order valence-electron chi connectivity index (χ2n) is 4.10. The largest absolute Gasteiger partial charge is 0.464 e. The first-order chi connectivity index (χ1) is 8.20. The maximum atomic E-state index is 13.8. The van der Waals surface area contributed by atoms with Crippen LogP contribution in [-0.4, -0.2) is 22.3 Å². The Morgan fingerprint density at radius 2 is 2.29 bits per heavy atom. The van der Waals surface area contributed by atoms with Gasteiger partial charge in [-0.1, -0.05) is 6.07 Å². The van der Waals surface area contributed by atoms with Crippen molar-refractivity contribution in [2.75, 3.05) is 6.54 Å². The molecule has 0 saturated heterocycles. The third kappa shape index (κ3) is 1.36. The summed E-state index contributed by atoms with van der Waals surface area (Å²) < 4.78 is 15.0. The van der Waals surface area contributed by atoms with Gasteiger partial charge in [-0.25, -0.2) is 13.8 Å². The SMILES string of the molecule is O=C(O)n1c2c(c3c(F)cccc31)CCNC2. The minimum Gasteiger partial charge on any atom is -0.464 e. The van der Waals surface area contributed by atoms with Crippen molar-refractivity contribution < 1.29 is 14.3 Å². The molecule has 0 radical (unpaired) electrons. The summed E-state index contributed by atoms with van der Waals surface area (Å²) in [6, 6.07) is 4.55. The van der Waals surface area contributed by atoms with Crippen molar-refractivity contribution in [1.82, 2.24) is 9.88 Å². The van der Waals surface area contributed by atoms with Crippen molar-refractivity contribution >= 4 is 17.0 Å². The van der Waals surface area contributed by atoms with Gasteiger partial charge in [0.2, 0.25) is 0 Å². The minimum absolute atomic E-state index is 0.347. The molecule has 0 amide bonds. The second-order valence-corrected chi connectivity index (χ2v) is 4.10. The first-order valence-corrected chi connectivity index (χ1v) is 5.45. The Hall–Kier alpha value is -1.88. The van der Waals surface area contributed by atoms with Crippen LogP contribution in [0, 0.1) is 5.82 Å². The lowest BCUT2D eigenvalue weighted by atomic mass is 10.0. The van der Waals surface area contributed by atoms with Crippen LogP contribution in [0.2, 0.25) is 0 Å². The predicted molar refractivity (Wildman–Crippen MR) is 60.7 cm³/mol. The molecule has 4 nitrogen and oxygen atoms in total. The third-order valence-corrected chi connectivity index (χ3v) is 3.19. The Morgan fingerprint density at radius 1 is 1.47 bits per heavy atom. The van der Waals surface area contributed by atoms with Gasteiger partial charge in [-0.3, -0.25) is 0 Å². The molecule has 2 aromatic rings. The molecule has 1 aromatic carbocycles. The van der Waals surface area contributed by atoms with Crippen LogP contribution in [0.4, 0.5) is 9.18 Å². The minimum atomic E-state index is -1.06. The summed E-state index contributed by atoms with van der Waals surface area (Å²) in [7, 11) is 0. The summed E-state index contributed by atoms with van der Waals surface area (Å²) in [6.07, 6.45) is -0.405. The number of rotatable bonds is 0. The lowest BCUT2D eigenvalue weighted by Crippen LogP contribution is -2.26. The van der Waals surface area contributed by atoms with E-state index < -0.39 is 6.09 Å². The van der Waals surface area contributed by atoms with Crippen molar-refractivity contribution in [3.63, 3.8) is 0 Å². The molecular weight excluding hydrogens is 223 g/mol. The lowest BCUT2D eigenvalue weighted by Gasteiger charge is -2.14. The quantitative estimate of drug-likeness (QED) is 0.732. The zero-order valence-corrected chi connectivity index (χ0v) is 9.03. The first-order valence-electron chi connectivity index (χ1n) is 5.45. The standard InChI is InChI=1S/C12H11FN2O2/c13-8-2-1-3-9-11(8)7-4-5-14-6-10(7)15(9)12(16)17/h1-3,14H,4-6H2,(H,16,17). The molecule has 0 bridgehead atoms. The highest BCUT2D eigenvalue weighted by Crippen LogP contribution is 2.30. The summed E-state index contributed by atoms with van der Waals surface area (Å²) in [5.41, 5.74) is 1.91. The molecule has 17 heavy (non-hydrogen) atoms. The maximum Gasteiger partial charge on any atom is 0.416 e. The molecule has 3 rings (SSSR count). The van der Waals surface area contributed by atoms with Gasteiger partial charge in [0.15, 0.2) is 0 Å². The highest BCUT2D eigenvalue weighted by atomic mass is 19.1. The molecule has 0 fully saturated rings. The molecule has 88 valence electrons. The molecule has 0 saturated carbocycles. The summed E-state index contributed by atoms with van der Waals surface area (Å²) >= 11 is 0. The van der Waals surface area contributed by atoms with E-state index in [9.17, 15) is 14.3 Å². The number of carboxylic acid groups (broad SMARTS) is 1. The van der Waals surface area contributed by atoms with Crippen LogP contribution in [0.3, 0.4) is 0 Å². The van der Waals surface area contributed by atoms with Gasteiger partial charge in [0, 0.05) is 17.6 Å². The van der Waals surface area contributed by atoms with Crippen molar-refractivity contribution in [2.45, 2.75) is 13.0 Å². The van der Waals surface area contributed by atoms with Crippen molar-refractivity contribution in [1.29, 1.82) is 0 Å². The van der Waals surface area contributed by atoms with E-state index in [2.05, 4.69) is 5.32 Å². The number of carbonyl (C=O) groups is 1. The Morgan fingerprint density at radius 3 is 3.06 bits per heavy atom. The van der Waals surface area contributed by atoms with Crippen LogP contribution in [0.25, 0.3) is 10.9 Å². The predicted octanol–water partition coefficient (Wildman–Crippen LogP) is 1.95. The molecule has 2 heterocycles. The van der Waals surface area contributed by atoms with E-state index in [1.807, 2.05) is 0 Å². The average Bonchev–Trinajstić information content (AvgIpc) is 2.64. The highest BCUT2D eigenvalue weighted by Gasteiger charge is 2.24. The number of nitrogens with one attached hydrogen (secondary N) is 1. The van der Waals surface area contributed by atoms with Crippen LogP contribution in [-0.2, 0) is 13.0 Å². The molecule has 1 aliphatic rings. The number of hydrogen-bond donors (Lipinski definition) is 2. The van der Waals surface area contributed by atoms with E-state index in [1.165, 1.54) is 16.7 Å². The van der Waals surface area contributed by atoms with E-state index in [0.717, 1.165) is 12.1 Å². The monoisotopic (exact) mass is 234 g/mol. The van der Waals surface area contributed by atoms with Crippen molar-refractivity contribution in [3.8, 4) is 0 Å². The van der Waals surface area contributed by atoms with Gasteiger partial charge in [-0.2, -0.15) is 0 Å². The summed E-state index contributed by atoms with van der Waals surface area (Å²) in [4.78, 5) is 11.3. The third-order valence-electron chi connectivity index (χ3n) is 3.19. The number of hydrogen-bond acceptors (Lipinski definition) is 2. The Labute approximate surface area is 96.7 Å². The topological polar surface area (TPSA) is 54.3 Å². The van der Waals surface area contributed by atoms with Crippen LogP contribution in [0.15, 0.2) is 18.2 Å². The zero-order valence-electron chi connectivity index (χ0n) is 9.03. The van der Waals surface area contributed by atoms with E-state index in [0.29, 0.717) is 29.6 Å². The van der Waals surface area contributed by atoms with E-state index in [-0.39, 0.29) is 5.82 Å². The Kier molecular flexibility index (Phi) is 2.16. The summed E-state index contributed by atoms with van der Waals surface area (Å²) in [5, 5.41) is 12.8. The van der Waals surface area contributed by atoms with Crippen LogP contribution >= 0.6 is 0 Å². The van der Waals surface area contributed by atoms with E-state index in [4.69, 9.17) is 0 Å². The van der Waals surface area contributed by atoms with Crippen molar-refractivity contribution in [2.24, 2.45) is 0 Å². The van der Waals surface area contributed by atoms with Crippen LogP contribution in [0.5, 0.6) is 0 Å². The molecule has 0 aliphatic carbocycles. The zero-order chi connectivity index (χ0) is 12.0. The molecule has 0 spiro atoms. The Bertz CT molecular complexity index is 618.